The second-order valence-corrected chi connectivity index (χ2v) is 17.0. The Balaban J connectivity index is 3.92. The number of carbonyl (C=O) groups is 3. The number of esters is 1. The average Bonchev–Trinajstić information content (AvgIpc) is 3.22. The molecule has 346 valence electrons. The van der Waals surface area contributed by atoms with Gasteiger partial charge in [-0.05, 0) is 83.5 Å². The molecule has 0 bridgehead atoms. The maximum absolute atomic E-state index is 12.3. The molecular formula is C48H84NO10P. The number of aliphatic carboxylic acids is 1. The van der Waals surface area contributed by atoms with Gasteiger partial charge in [-0.2, -0.15) is 0 Å². The van der Waals surface area contributed by atoms with Crippen LogP contribution in [0.4, 0.5) is 0 Å². The van der Waals surface area contributed by atoms with Gasteiger partial charge in [0.2, 0.25) is 5.91 Å². The summed E-state index contributed by atoms with van der Waals surface area (Å²) in [6.45, 7) is 2.52. The number of nitrogens with one attached hydrogen (secondary N) is 1. The van der Waals surface area contributed by atoms with Crippen LogP contribution in [0.15, 0.2) is 60.8 Å². The van der Waals surface area contributed by atoms with E-state index in [4.69, 9.17) is 13.8 Å². The number of phosphoric ester groups is 1. The van der Waals surface area contributed by atoms with Gasteiger partial charge in [0.25, 0.3) is 0 Å². The maximum Gasteiger partial charge on any atom is 0.472 e. The lowest BCUT2D eigenvalue weighted by Gasteiger charge is -2.18. The topological polar surface area (TPSA) is 169 Å². The zero-order valence-electron chi connectivity index (χ0n) is 37.5. The monoisotopic (exact) mass is 866 g/mol. The Morgan fingerprint density at radius 3 is 1.37 bits per heavy atom. The molecule has 0 aromatic carbocycles. The van der Waals surface area contributed by atoms with Gasteiger partial charge in [0.05, 0.1) is 13.2 Å². The second-order valence-electron chi connectivity index (χ2n) is 15.6. The lowest BCUT2D eigenvalue weighted by atomic mass is 10.1. The highest BCUT2D eigenvalue weighted by molar-refractivity contribution is 7.47. The quantitative estimate of drug-likeness (QED) is 0.0200. The standard InChI is InChI=1S/C48H84NO10P/c1-3-5-7-9-11-13-15-17-19-20-21-22-23-24-26-27-29-31-33-35-37-39-46(51)49-45(48(53)54)43-59-60(55,56)58-42-44(50)41-57-47(52)40-38-36-34-32-30-28-25-18-16-14-12-10-8-6-4-2/h11-14,17-19,21-22,25,44-45,50H,3-10,15-16,20,23-24,26-43H2,1-2H3,(H,49,51)(H,53,54)(H,55,56)/b13-11-,14-12-,19-17-,22-21-,25-18-. The zero-order valence-corrected chi connectivity index (χ0v) is 38.4. The van der Waals surface area contributed by atoms with Crippen LogP contribution in [0, 0.1) is 0 Å². The number of amides is 1. The van der Waals surface area contributed by atoms with Crippen molar-refractivity contribution in [1.29, 1.82) is 0 Å². The molecule has 0 radical (unpaired) electrons. The van der Waals surface area contributed by atoms with Gasteiger partial charge in [0.15, 0.2) is 6.04 Å². The number of phosphoric acid groups is 1. The number of aliphatic hydroxyl groups is 1. The number of carboxylic acids is 1. The van der Waals surface area contributed by atoms with Crippen LogP contribution >= 0.6 is 7.82 Å². The van der Waals surface area contributed by atoms with Crippen LogP contribution in [0.25, 0.3) is 0 Å². The lowest BCUT2D eigenvalue weighted by Crippen LogP contribution is -2.43. The molecular weight excluding hydrogens is 781 g/mol. The van der Waals surface area contributed by atoms with E-state index < -0.39 is 57.6 Å². The van der Waals surface area contributed by atoms with E-state index in [0.29, 0.717) is 12.8 Å². The fourth-order valence-electron chi connectivity index (χ4n) is 6.12. The lowest BCUT2D eigenvalue weighted by molar-refractivity contribution is -0.147. The molecule has 0 saturated heterocycles. The number of aliphatic hydroxyl groups excluding tert-OH is 1. The molecule has 0 aromatic heterocycles. The van der Waals surface area contributed by atoms with Crippen molar-refractivity contribution in [2.45, 2.75) is 206 Å². The Labute approximate surface area is 364 Å². The van der Waals surface area contributed by atoms with Crippen LogP contribution in [0.3, 0.4) is 0 Å². The van der Waals surface area contributed by atoms with Gasteiger partial charge in [-0.25, -0.2) is 9.36 Å². The summed E-state index contributed by atoms with van der Waals surface area (Å²) >= 11 is 0. The Morgan fingerprint density at radius 1 is 0.533 bits per heavy atom. The molecule has 60 heavy (non-hydrogen) atoms. The van der Waals surface area contributed by atoms with E-state index in [1.54, 1.807) is 0 Å². The number of unbranched alkanes of at least 4 members (excludes halogenated alkanes) is 19. The minimum absolute atomic E-state index is 0.134. The first kappa shape index (κ1) is 57.2. The summed E-state index contributed by atoms with van der Waals surface area (Å²) in [4.78, 5) is 46.0. The first-order chi connectivity index (χ1) is 29.1. The molecule has 3 unspecified atom stereocenters. The maximum atomic E-state index is 12.3. The molecule has 1 amide bonds. The Bertz CT molecular complexity index is 1250. The highest BCUT2D eigenvalue weighted by Gasteiger charge is 2.28. The minimum atomic E-state index is -4.77. The highest BCUT2D eigenvalue weighted by Crippen LogP contribution is 2.43. The molecule has 0 fully saturated rings. The Hall–Kier alpha value is -2.82. The fourth-order valence-corrected chi connectivity index (χ4v) is 6.89. The second kappa shape index (κ2) is 42.9. The van der Waals surface area contributed by atoms with Gasteiger partial charge in [-0.1, -0.05) is 158 Å². The van der Waals surface area contributed by atoms with Gasteiger partial charge in [0.1, 0.15) is 12.7 Å². The number of allylic oxidation sites excluding steroid dienone is 10. The predicted octanol–water partition coefficient (Wildman–Crippen LogP) is 12.3. The molecule has 0 aliphatic heterocycles. The molecule has 0 aromatic rings. The van der Waals surface area contributed by atoms with Crippen molar-refractivity contribution in [2.24, 2.45) is 0 Å². The summed E-state index contributed by atoms with van der Waals surface area (Å²) in [5.41, 5.74) is 0. The number of rotatable bonds is 43. The molecule has 0 aliphatic rings. The third-order valence-corrected chi connectivity index (χ3v) is 10.7. The third-order valence-electron chi connectivity index (χ3n) is 9.78. The van der Waals surface area contributed by atoms with Crippen molar-refractivity contribution < 1.29 is 47.8 Å². The summed E-state index contributed by atoms with van der Waals surface area (Å²) < 4.78 is 26.9. The summed E-state index contributed by atoms with van der Waals surface area (Å²) in [6, 6.07) is -1.56. The Kier molecular flexibility index (Phi) is 40.8. The number of hydrogen-bond acceptors (Lipinski definition) is 8. The average molecular weight is 866 g/mol. The molecule has 4 N–H and O–H groups in total. The van der Waals surface area contributed by atoms with Crippen molar-refractivity contribution >= 4 is 25.7 Å². The normalized spacial score (nSPS) is 14.2. The minimum Gasteiger partial charge on any atom is -0.480 e. The van der Waals surface area contributed by atoms with Crippen LogP contribution in [0.5, 0.6) is 0 Å². The van der Waals surface area contributed by atoms with Gasteiger partial charge in [-0.15, -0.1) is 0 Å². The molecule has 11 nitrogen and oxygen atoms in total. The summed E-state index contributed by atoms with van der Waals surface area (Å²) in [5.74, 6) is -2.40. The van der Waals surface area contributed by atoms with Crippen molar-refractivity contribution in [3.8, 4) is 0 Å². The van der Waals surface area contributed by atoms with E-state index in [1.807, 2.05) is 0 Å². The van der Waals surface area contributed by atoms with Gasteiger partial charge < -0.3 is 25.2 Å². The van der Waals surface area contributed by atoms with E-state index in [1.165, 1.54) is 64.2 Å². The van der Waals surface area contributed by atoms with Crippen molar-refractivity contribution in [3.05, 3.63) is 60.8 Å². The van der Waals surface area contributed by atoms with Gasteiger partial charge >= 0.3 is 19.8 Å². The third kappa shape index (κ3) is 41.9. The molecule has 0 aliphatic carbocycles. The summed E-state index contributed by atoms with van der Waals surface area (Å²) in [5, 5.41) is 21.9. The first-order valence-electron chi connectivity index (χ1n) is 23.3. The smallest absolute Gasteiger partial charge is 0.472 e. The molecule has 0 heterocycles. The molecule has 0 saturated carbocycles. The van der Waals surface area contributed by atoms with Crippen LogP contribution in [0.1, 0.15) is 194 Å². The summed E-state index contributed by atoms with van der Waals surface area (Å²) in [7, 11) is -4.77. The van der Waals surface area contributed by atoms with E-state index in [-0.39, 0.29) is 12.8 Å². The number of carbonyl (C=O) groups excluding carboxylic acids is 2. The van der Waals surface area contributed by atoms with Crippen LogP contribution in [-0.4, -0.2) is 64.9 Å². The fraction of sp³-hybridized carbons (Fsp3) is 0.729. The molecule has 0 spiro atoms. The zero-order chi connectivity index (χ0) is 44.2. The first-order valence-corrected chi connectivity index (χ1v) is 24.8. The van der Waals surface area contributed by atoms with Crippen LogP contribution in [0.2, 0.25) is 0 Å². The van der Waals surface area contributed by atoms with E-state index in [0.717, 1.165) is 89.9 Å². The SMILES string of the molecule is CCCCC/C=C\C/C=C\C/C=C\CCCCCCCCCCC(=O)NC(COP(=O)(O)OCC(O)COC(=O)CCCCCCC/C=C\C/C=C\CCCCC)C(=O)O. The van der Waals surface area contributed by atoms with E-state index >= 15 is 0 Å². The van der Waals surface area contributed by atoms with Crippen molar-refractivity contribution in [3.63, 3.8) is 0 Å². The Morgan fingerprint density at radius 2 is 0.917 bits per heavy atom. The number of ether oxygens (including phenoxy) is 1. The van der Waals surface area contributed by atoms with Crippen molar-refractivity contribution in [2.75, 3.05) is 19.8 Å². The molecule has 12 heteroatoms. The molecule has 3 atom stereocenters. The number of hydrogen-bond donors (Lipinski definition) is 4. The predicted molar refractivity (Wildman–Crippen MR) is 245 cm³/mol. The van der Waals surface area contributed by atoms with Gasteiger partial charge in [0, 0.05) is 12.8 Å². The highest BCUT2D eigenvalue weighted by atomic mass is 31.2. The molecule has 0 rings (SSSR count). The van der Waals surface area contributed by atoms with Crippen LogP contribution in [-0.2, 0) is 32.7 Å². The summed E-state index contributed by atoms with van der Waals surface area (Å²) in [6.07, 6.45) is 49.5. The number of carboxylic acid groups (broad SMARTS) is 1. The van der Waals surface area contributed by atoms with E-state index in [9.17, 15) is 34.1 Å². The largest absolute Gasteiger partial charge is 0.480 e. The van der Waals surface area contributed by atoms with Crippen LogP contribution < -0.4 is 5.32 Å². The van der Waals surface area contributed by atoms with Gasteiger partial charge in [-0.3, -0.25) is 18.6 Å². The van der Waals surface area contributed by atoms with Crippen molar-refractivity contribution in [1.82, 2.24) is 5.32 Å². The van der Waals surface area contributed by atoms with E-state index in [2.05, 4.69) is 79.9 Å².